The van der Waals surface area contributed by atoms with Crippen molar-refractivity contribution in [1.82, 2.24) is 15.5 Å². The van der Waals surface area contributed by atoms with Crippen molar-refractivity contribution in [2.45, 2.75) is 12.1 Å². The first-order valence-corrected chi connectivity index (χ1v) is 9.28. The standard InChI is InChI=1S/C22H27N4/c1-25-13-7-18(8-14-25)21(19-9-15-26(2)16-10-19)17-3-5-20(6-4-17)22-23-11-12-24-22/h3-15,17,20-24H,16H2,1-2H3/q+1. The number of aromatic nitrogens is 1. The second-order valence-electron chi connectivity index (χ2n) is 7.30. The summed E-state index contributed by atoms with van der Waals surface area (Å²) in [7, 11) is 4.18. The number of nitrogens with zero attached hydrogens (tertiary/aromatic N) is 2. The lowest BCUT2D eigenvalue weighted by Gasteiger charge is -2.30. The van der Waals surface area contributed by atoms with Crippen molar-refractivity contribution >= 4 is 0 Å². The van der Waals surface area contributed by atoms with Crippen molar-refractivity contribution in [3.8, 4) is 0 Å². The van der Waals surface area contributed by atoms with E-state index in [0.717, 1.165) is 6.54 Å². The quantitative estimate of drug-likeness (QED) is 0.647. The number of rotatable bonds is 4. The van der Waals surface area contributed by atoms with Crippen molar-refractivity contribution in [3.63, 3.8) is 0 Å². The molecular formula is C22H27N4+. The van der Waals surface area contributed by atoms with Crippen LogP contribution in [0.25, 0.3) is 0 Å². The van der Waals surface area contributed by atoms with Crippen molar-refractivity contribution in [2.24, 2.45) is 18.9 Å². The highest BCUT2D eigenvalue weighted by molar-refractivity contribution is 5.40. The summed E-state index contributed by atoms with van der Waals surface area (Å²) < 4.78 is 2.09. The first-order chi connectivity index (χ1) is 12.7. The molecular weight excluding hydrogens is 320 g/mol. The van der Waals surface area contributed by atoms with Crippen molar-refractivity contribution in [1.29, 1.82) is 0 Å². The van der Waals surface area contributed by atoms with Gasteiger partial charge in [-0.1, -0.05) is 30.4 Å². The third-order valence-corrected chi connectivity index (χ3v) is 5.37. The molecule has 1 atom stereocenters. The molecule has 0 spiro atoms. The van der Waals surface area contributed by atoms with Crippen LogP contribution in [0.4, 0.5) is 0 Å². The minimum atomic E-state index is 0.264. The number of hydrogen-bond donors (Lipinski definition) is 2. The third-order valence-electron chi connectivity index (χ3n) is 5.37. The van der Waals surface area contributed by atoms with Crippen LogP contribution >= 0.6 is 0 Å². The Balaban J connectivity index is 1.59. The van der Waals surface area contributed by atoms with Gasteiger partial charge in [0.2, 0.25) is 0 Å². The van der Waals surface area contributed by atoms with Crippen LogP contribution in [0.5, 0.6) is 0 Å². The zero-order valence-corrected chi connectivity index (χ0v) is 15.4. The van der Waals surface area contributed by atoms with Gasteiger partial charge in [0.15, 0.2) is 12.4 Å². The third kappa shape index (κ3) is 3.45. The van der Waals surface area contributed by atoms with Gasteiger partial charge in [-0.25, -0.2) is 4.57 Å². The van der Waals surface area contributed by atoms with Gasteiger partial charge < -0.3 is 15.5 Å². The van der Waals surface area contributed by atoms with E-state index in [-0.39, 0.29) is 6.17 Å². The number of pyridine rings is 1. The summed E-state index contributed by atoms with van der Waals surface area (Å²) in [5, 5.41) is 6.70. The van der Waals surface area contributed by atoms with Gasteiger partial charge in [-0.3, -0.25) is 0 Å². The second-order valence-corrected chi connectivity index (χ2v) is 7.30. The van der Waals surface area contributed by atoms with Crippen LogP contribution in [0.3, 0.4) is 0 Å². The van der Waals surface area contributed by atoms with Crippen molar-refractivity contribution < 1.29 is 4.57 Å². The first-order valence-electron chi connectivity index (χ1n) is 9.28. The molecule has 4 heteroatoms. The van der Waals surface area contributed by atoms with E-state index in [9.17, 15) is 0 Å². The molecule has 0 radical (unpaired) electrons. The topological polar surface area (TPSA) is 31.2 Å². The highest BCUT2D eigenvalue weighted by Crippen LogP contribution is 2.37. The summed E-state index contributed by atoms with van der Waals surface area (Å²) in [6.45, 7) is 0.966. The molecule has 1 aromatic heterocycles. The largest absolute Gasteiger partial charge is 0.377 e. The lowest BCUT2D eigenvalue weighted by atomic mass is 9.77. The summed E-state index contributed by atoms with van der Waals surface area (Å²) >= 11 is 0. The van der Waals surface area contributed by atoms with E-state index in [1.54, 1.807) is 0 Å². The number of hydrogen-bond acceptors (Lipinski definition) is 3. The Labute approximate surface area is 155 Å². The summed E-state index contributed by atoms with van der Waals surface area (Å²) in [6.07, 6.45) is 24.7. The average Bonchev–Trinajstić information content (AvgIpc) is 3.20. The number of likely N-dealkylation sites (N-methyl/N-ethyl adjacent to an activating group) is 1. The van der Waals surface area contributed by atoms with Gasteiger partial charge in [0.05, 0.1) is 0 Å². The molecule has 2 N–H and O–H groups in total. The van der Waals surface area contributed by atoms with E-state index in [0.29, 0.717) is 17.8 Å². The van der Waals surface area contributed by atoms with Gasteiger partial charge in [-0.15, -0.1) is 0 Å². The minimum Gasteiger partial charge on any atom is -0.377 e. The smallest absolute Gasteiger partial charge is 0.168 e. The summed E-state index contributed by atoms with van der Waals surface area (Å²) in [4.78, 5) is 2.21. The molecule has 3 heterocycles. The molecule has 0 saturated carbocycles. The van der Waals surface area contributed by atoms with Crippen LogP contribution in [0, 0.1) is 11.8 Å². The van der Waals surface area contributed by atoms with E-state index < -0.39 is 0 Å². The zero-order chi connectivity index (χ0) is 17.9. The van der Waals surface area contributed by atoms with Crippen LogP contribution in [-0.2, 0) is 7.05 Å². The molecule has 4 rings (SSSR count). The lowest BCUT2D eigenvalue weighted by Crippen LogP contribution is -2.37. The molecule has 1 aliphatic carbocycles. The average molecular weight is 347 g/mol. The molecule has 0 aromatic carbocycles. The first kappa shape index (κ1) is 16.7. The van der Waals surface area contributed by atoms with Crippen LogP contribution in [0.2, 0.25) is 0 Å². The Bertz CT molecular complexity index is 763. The van der Waals surface area contributed by atoms with Crippen molar-refractivity contribution in [2.75, 3.05) is 13.6 Å². The van der Waals surface area contributed by atoms with E-state index in [2.05, 4.69) is 101 Å². The number of aryl methyl sites for hydroxylation is 1. The SMILES string of the molecule is CN1C=CC(C(c2cc[n+](C)cc2)C2C=CC(C3NC=CN3)C=C2)=CC1. The van der Waals surface area contributed by atoms with Crippen LogP contribution in [0.15, 0.2) is 85.2 Å². The molecule has 0 fully saturated rings. The van der Waals surface area contributed by atoms with Gasteiger partial charge in [-0.2, -0.15) is 0 Å². The number of nitrogens with one attached hydrogen (secondary N) is 2. The van der Waals surface area contributed by atoms with E-state index >= 15 is 0 Å². The normalized spacial score (nSPS) is 25.8. The Morgan fingerprint density at radius 2 is 1.77 bits per heavy atom. The van der Waals surface area contributed by atoms with Gasteiger partial charge in [0.1, 0.15) is 13.2 Å². The Kier molecular flexibility index (Phi) is 4.65. The summed E-state index contributed by atoms with van der Waals surface area (Å²) in [5.74, 6) is 1.09. The molecule has 2 aliphatic heterocycles. The zero-order valence-electron chi connectivity index (χ0n) is 15.4. The number of allylic oxidation sites excluding steroid dienone is 4. The molecule has 134 valence electrons. The maximum absolute atomic E-state index is 3.35. The van der Waals surface area contributed by atoms with Gasteiger partial charge >= 0.3 is 0 Å². The molecule has 4 nitrogen and oxygen atoms in total. The van der Waals surface area contributed by atoms with Gasteiger partial charge in [0, 0.05) is 55.9 Å². The predicted octanol–water partition coefficient (Wildman–Crippen LogP) is 2.33. The van der Waals surface area contributed by atoms with Crippen LogP contribution in [0.1, 0.15) is 11.5 Å². The highest BCUT2D eigenvalue weighted by atomic mass is 15.2. The Morgan fingerprint density at radius 3 is 2.38 bits per heavy atom. The van der Waals surface area contributed by atoms with Crippen LogP contribution in [-0.4, -0.2) is 24.7 Å². The molecule has 0 bridgehead atoms. The molecule has 3 aliphatic rings. The van der Waals surface area contributed by atoms with Crippen molar-refractivity contribution in [3.05, 3.63) is 90.7 Å². The second kappa shape index (κ2) is 7.24. The molecule has 1 aromatic rings. The fraction of sp³-hybridized carbons (Fsp3) is 0.318. The van der Waals surface area contributed by atoms with Gasteiger partial charge in [0.25, 0.3) is 0 Å². The Morgan fingerprint density at radius 1 is 1.08 bits per heavy atom. The minimum absolute atomic E-state index is 0.264. The van der Waals surface area contributed by atoms with Crippen LogP contribution < -0.4 is 15.2 Å². The highest BCUT2D eigenvalue weighted by Gasteiger charge is 2.27. The van der Waals surface area contributed by atoms with E-state index in [1.165, 1.54) is 11.1 Å². The fourth-order valence-corrected chi connectivity index (χ4v) is 3.84. The molecule has 26 heavy (non-hydrogen) atoms. The lowest BCUT2D eigenvalue weighted by molar-refractivity contribution is -0.671. The van der Waals surface area contributed by atoms with E-state index in [1.807, 2.05) is 12.4 Å². The van der Waals surface area contributed by atoms with E-state index in [4.69, 9.17) is 0 Å². The maximum atomic E-state index is 3.35. The van der Waals surface area contributed by atoms with Gasteiger partial charge in [-0.05, 0) is 23.4 Å². The summed E-state index contributed by atoms with van der Waals surface area (Å²) in [5.41, 5.74) is 2.76. The Hall–Kier alpha value is -2.75. The maximum Gasteiger partial charge on any atom is 0.168 e. The summed E-state index contributed by atoms with van der Waals surface area (Å²) in [6, 6.07) is 4.49. The predicted molar refractivity (Wildman–Crippen MR) is 105 cm³/mol. The monoisotopic (exact) mass is 347 g/mol. The molecule has 1 unspecified atom stereocenters. The molecule has 0 amide bonds. The molecule has 0 saturated heterocycles. The fourth-order valence-electron chi connectivity index (χ4n) is 3.84.